The van der Waals surface area contributed by atoms with Crippen LogP contribution in [0.1, 0.15) is 32.6 Å². The minimum absolute atomic E-state index is 0.157. The Bertz CT molecular complexity index is 188. The molecule has 0 N–H and O–H groups in total. The first-order valence-corrected chi connectivity index (χ1v) is 4.47. The Balaban J connectivity index is 0.000000226. The fourth-order valence-electron chi connectivity index (χ4n) is 0.837. The summed E-state index contributed by atoms with van der Waals surface area (Å²) >= 11 is 0. The molecule has 0 aromatic carbocycles. The maximum absolute atomic E-state index is 10.4. The largest absolute Gasteiger partial charge is 0.469 e. The molecule has 0 atom stereocenters. The molecule has 1 aliphatic carbocycles. The van der Waals surface area contributed by atoms with Crippen LogP contribution in [0.4, 0.5) is 0 Å². The monoisotopic (exact) mass is 184 g/mol. The maximum Gasteiger partial charge on any atom is 0.305 e. The van der Waals surface area contributed by atoms with E-state index >= 15 is 0 Å². The first-order valence-electron chi connectivity index (χ1n) is 4.47. The Morgan fingerprint density at radius 1 is 1.62 bits per heavy atom. The van der Waals surface area contributed by atoms with Gasteiger partial charge in [-0.15, -0.1) is 0 Å². The van der Waals surface area contributed by atoms with Gasteiger partial charge in [0.25, 0.3) is 0 Å². The summed E-state index contributed by atoms with van der Waals surface area (Å²) in [7, 11) is 1.38. The smallest absolute Gasteiger partial charge is 0.305 e. The van der Waals surface area contributed by atoms with Crippen LogP contribution in [0.15, 0.2) is 12.2 Å². The van der Waals surface area contributed by atoms with Crippen LogP contribution in [0.3, 0.4) is 0 Å². The van der Waals surface area contributed by atoms with Crippen LogP contribution >= 0.6 is 0 Å². The van der Waals surface area contributed by atoms with Gasteiger partial charge in [0.05, 0.1) is 7.11 Å². The van der Waals surface area contributed by atoms with Crippen molar-refractivity contribution < 1.29 is 14.3 Å². The normalized spacial score (nSPS) is 14.5. The third kappa shape index (κ3) is 7.25. The molecule has 0 aliphatic heterocycles. The van der Waals surface area contributed by atoms with Gasteiger partial charge in [-0.1, -0.05) is 13.0 Å². The van der Waals surface area contributed by atoms with Crippen molar-refractivity contribution in [2.45, 2.75) is 32.6 Å². The third-order valence-electron chi connectivity index (χ3n) is 1.61. The van der Waals surface area contributed by atoms with Gasteiger partial charge in [0.2, 0.25) is 0 Å². The number of hydrogen-bond donors (Lipinski definition) is 0. The second-order valence-electron chi connectivity index (χ2n) is 2.69. The average molecular weight is 184 g/mol. The number of carbonyl (C=O) groups is 2. The molecule has 0 fully saturated rings. The van der Waals surface area contributed by atoms with Crippen LogP contribution in [-0.4, -0.2) is 18.9 Å². The SMILES string of the molecule is CCC(=O)OC.O=C1C=CCCC1. The van der Waals surface area contributed by atoms with Crippen LogP contribution in [0, 0.1) is 0 Å². The van der Waals surface area contributed by atoms with Gasteiger partial charge in [-0.2, -0.15) is 0 Å². The molecular weight excluding hydrogens is 168 g/mol. The molecule has 0 bridgehead atoms. The summed E-state index contributed by atoms with van der Waals surface area (Å²) in [6, 6.07) is 0. The number of allylic oxidation sites excluding steroid dienone is 2. The Morgan fingerprint density at radius 3 is 2.46 bits per heavy atom. The van der Waals surface area contributed by atoms with Crippen molar-refractivity contribution in [1.29, 1.82) is 0 Å². The van der Waals surface area contributed by atoms with Crippen molar-refractivity contribution >= 4 is 11.8 Å². The van der Waals surface area contributed by atoms with E-state index in [1.165, 1.54) is 7.11 Å². The molecule has 13 heavy (non-hydrogen) atoms. The second-order valence-corrected chi connectivity index (χ2v) is 2.69. The van der Waals surface area contributed by atoms with E-state index in [0.717, 1.165) is 19.3 Å². The zero-order valence-electron chi connectivity index (χ0n) is 8.21. The molecule has 1 aliphatic rings. The Kier molecular flexibility index (Phi) is 6.88. The first-order chi connectivity index (χ1) is 6.20. The highest BCUT2D eigenvalue weighted by Gasteiger charge is 1.98. The van der Waals surface area contributed by atoms with Crippen molar-refractivity contribution in [3.8, 4) is 0 Å². The van der Waals surface area contributed by atoms with Crippen LogP contribution in [0.25, 0.3) is 0 Å². The summed E-state index contributed by atoms with van der Waals surface area (Å²) in [6.45, 7) is 1.76. The van der Waals surface area contributed by atoms with Crippen LogP contribution in [-0.2, 0) is 14.3 Å². The van der Waals surface area contributed by atoms with Crippen molar-refractivity contribution in [3.05, 3.63) is 12.2 Å². The van der Waals surface area contributed by atoms with Gasteiger partial charge in [0.15, 0.2) is 5.78 Å². The van der Waals surface area contributed by atoms with E-state index in [-0.39, 0.29) is 11.8 Å². The van der Waals surface area contributed by atoms with Gasteiger partial charge in [-0.05, 0) is 18.9 Å². The predicted octanol–water partition coefficient (Wildman–Crippen LogP) is 1.86. The maximum atomic E-state index is 10.4. The standard InChI is InChI=1S/C6H8O.C4H8O2/c7-6-4-2-1-3-5-6;1-3-4(5)6-2/h2,4H,1,3,5H2;3H2,1-2H3. The first kappa shape index (κ1) is 11.9. The van der Waals surface area contributed by atoms with E-state index in [1.807, 2.05) is 6.08 Å². The zero-order chi connectivity index (χ0) is 10.1. The summed E-state index contributed by atoms with van der Waals surface area (Å²) < 4.78 is 4.26. The number of methoxy groups -OCH3 is 1. The van der Waals surface area contributed by atoms with Gasteiger partial charge in [0, 0.05) is 12.8 Å². The fourth-order valence-corrected chi connectivity index (χ4v) is 0.837. The lowest BCUT2D eigenvalue weighted by molar-refractivity contribution is -0.140. The number of ketones is 1. The predicted molar refractivity (Wildman–Crippen MR) is 50.3 cm³/mol. The molecule has 0 saturated carbocycles. The number of ether oxygens (including phenoxy) is 1. The number of esters is 1. The van der Waals surface area contributed by atoms with E-state index in [0.29, 0.717) is 6.42 Å². The second kappa shape index (κ2) is 7.53. The van der Waals surface area contributed by atoms with Gasteiger partial charge in [-0.25, -0.2) is 0 Å². The molecule has 0 radical (unpaired) electrons. The number of carbonyl (C=O) groups excluding carboxylic acids is 2. The fraction of sp³-hybridized carbons (Fsp3) is 0.600. The Hall–Kier alpha value is -1.12. The van der Waals surface area contributed by atoms with Crippen molar-refractivity contribution in [2.24, 2.45) is 0 Å². The Labute approximate surface area is 78.8 Å². The molecule has 1 rings (SSSR count). The van der Waals surface area contributed by atoms with E-state index in [2.05, 4.69) is 4.74 Å². The molecule has 0 heterocycles. The lowest BCUT2D eigenvalue weighted by Crippen LogP contribution is -1.95. The van der Waals surface area contributed by atoms with E-state index in [4.69, 9.17) is 0 Å². The molecule has 0 aromatic heterocycles. The summed E-state index contributed by atoms with van der Waals surface area (Å²) in [5.74, 6) is 0.126. The van der Waals surface area contributed by atoms with Gasteiger partial charge in [0.1, 0.15) is 0 Å². The summed E-state index contributed by atoms with van der Waals surface area (Å²) in [6.07, 6.45) is 6.98. The van der Waals surface area contributed by atoms with Gasteiger partial charge < -0.3 is 4.74 Å². The Morgan fingerprint density at radius 2 is 2.31 bits per heavy atom. The third-order valence-corrected chi connectivity index (χ3v) is 1.61. The highest BCUT2D eigenvalue weighted by Crippen LogP contribution is 2.04. The lowest BCUT2D eigenvalue weighted by Gasteiger charge is -1.97. The molecule has 3 heteroatoms. The van der Waals surface area contributed by atoms with Crippen molar-refractivity contribution in [3.63, 3.8) is 0 Å². The average Bonchev–Trinajstić information content (AvgIpc) is 2.19. The van der Waals surface area contributed by atoms with Crippen LogP contribution in [0.5, 0.6) is 0 Å². The van der Waals surface area contributed by atoms with Crippen LogP contribution in [0.2, 0.25) is 0 Å². The lowest BCUT2D eigenvalue weighted by atomic mass is 10.1. The van der Waals surface area contributed by atoms with Crippen molar-refractivity contribution in [1.82, 2.24) is 0 Å². The number of rotatable bonds is 1. The van der Waals surface area contributed by atoms with Gasteiger partial charge in [-0.3, -0.25) is 9.59 Å². The molecule has 3 nitrogen and oxygen atoms in total. The minimum atomic E-state index is -0.157. The molecular formula is C10H16O3. The molecule has 0 aromatic rings. The van der Waals surface area contributed by atoms with E-state index < -0.39 is 0 Å². The molecule has 0 unspecified atom stereocenters. The summed E-state index contributed by atoms with van der Waals surface area (Å²) in [5, 5.41) is 0. The van der Waals surface area contributed by atoms with Gasteiger partial charge >= 0.3 is 5.97 Å². The minimum Gasteiger partial charge on any atom is -0.469 e. The quantitative estimate of drug-likeness (QED) is 0.584. The summed E-state index contributed by atoms with van der Waals surface area (Å²) in [5.41, 5.74) is 0. The van der Waals surface area contributed by atoms with Crippen LogP contribution < -0.4 is 0 Å². The molecule has 74 valence electrons. The number of hydrogen-bond acceptors (Lipinski definition) is 3. The van der Waals surface area contributed by atoms with Crippen molar-refractivity contribution in [2.75, 3.05) is 7.11 Å². The zero-order valence-corrected chi connectivity index (χ0v) is 8.21. The molecule has 0 amide bonds. The summed E-state index contributed by atoms with van der Waals surface area (Å²) in [4.78, 5) is 20.3. The molecule has 0 saturated heterocycles. The highest BCUT2D eigenvalue weighted by atomic mass is 16.5. The van der Waals surface area contributed by atoms with E-state index in [1.54, 1.807) is 13.0 Å². The highest BCUT2D eigenvalue weighted by molar-refractivity contribution is 5.90. The van der Waals surface area contributed by atoms with E-state index in [9.17, 15) is 9.59 Å². The topological polar surface area (TPSA) is 43.4 Å². The molecule has 0 spiro atoms.